The van der Waals surface area contributed by atoms with Gasteiger partial charge in [-0.2, -0.15) is 0 Å². The number of halogens is 1. The Morgan fingerprint density at radius 2 is 1.89 bits per heavy atom. The van der Waals surface area contributed by atoms with Gasteiger partial charge in [-0.1, -0.05) is 44.2 Å². The number of hydrogen-bond acceptors (Lipinski definition) is 3. The Labute approximate surface area is 186 Å². The normalized spacial score (nSPS) is 15.6. The van der Waals surface area contributed by atoms with Gasteiger partial charge in [-0.25, -0.2) is 4.79 Å². The van der Waals surface area contributed by atoms with Crippen LogP contribution in [0.15, 0.2) is 35.3 Å². The lowest BCUT2D eigenvalue weighted by molar-refractivity contribution is 0.0963. The summed E-state index contributed by atoms with van der Waals surface area (Å²) in [6, 6.07) is 10.9. The average Bonchev–Trinajstić information content (AvgIpc) is 2.66. The van der Waals surface area contributed by atoms with Gasteiger partial charge in [0.2, 0.25) is 0 Å². The number of aliphatic imine (C=N–C) groups is 1. The Kier molecular flexibility index (Phi) is 10.6. The zero-order chi connectivity index (χ0) is 19.7. The van der Waals surface area contributed by atoms with Gasteiger partial charge in [0.15, 0.2) is 5.96 Å². The summed E-state index contributed by atoms with van der Waals surface area (Å²) >= 11 is 0. The maximum absolute atomic E-state index is 11.8. The molecule has 158 valence electrons. The van der Waals surface area contributed by atoms with E-state index in [0.29, 0.717) is 25.7 Å². The lowest BCUT2D eigenvalue weighted by atomic mass is 9.86. The first-order valence-corrected chi connectivity index (χ1v) is 9.86. The van der Waals surface area contributed by atoms with Crippen molar-refractivity contribution in [1.82, 2.24) is 15.5 Å². The summed E-state index contributed by atoms with van der Waals surface area (Å²) in [5.41, 5.74) is 1.46. The predicted molar refractivity (Wildman–Crippen MR) is 125 cm³/mol. The molecular weight excluding hydrogens is 467 g/mol. The third-order valence-electron chi connectivity index (χ3n) is 4.85. The van der Waals surface area contributed by atoms with E-state index in [-0.39, 0.29) is 35.5 Å². The van der Waals surface area contributed by atoms with Crippen molar-refractivity contribution >= 4 is 36.0 Å². The molecule has 28 heavy (non-hydrogen) atoms. The molecule has 1 aliphatic heterocycles. The number of nitrogens with one attached hydrogen (secondary N) is 2. The van der Waals surface area contributed by atoms with Gasteiger partial charge >= 0.3 is 6.09 Å². The second-order valence-electron chi connectivity index (χ2n) is 7.86. The summed E-state index contributed by atoms with van der Waals surface area (Å²) < 4.78 is 5.07. The van der Waals surface area contributed by atoms with Crippen molar-refractivity contribution in [1.29, 1.82) is 0 Å². The Morgan fingerprint density at radius 1 is 1.25 bits per heavy atom. The van der Waals surface area contributed by atoms with Crippen LogP contribution in [0.2, 0.25) is 0 Å². The topological polar surface area (TPSA) is 66.0 Å². The summed E-state index contributed by atoms with van der Waals surface area (Å²) in [7, 11) is 1.80. The van der Waals surface area contributed by atoms with E-state index in [0.717, 1.165) is 31.8 Å². The van der Waals surface area contributed by atoms with Crippen LogP contribution in [0.25, 0.3) is 0 Å². The summed E-state index contributed by atoms with van der Waals surface area (Å²) in [6.45, 7) is 9.05. The highest BCUT2D eigenvalue weighted by molar-refractivity contribution is 14.0. The molecule has 1 heterocycles. The zero-order valence-electron chi connectivity index (χ0n) is 17.5. The van der Waals surface area contributed by atoms with E-state index in [2.05, 4.69) is 53.7 Å². The second-order valence-corrected chi connectivity index (χ2v) is 7.86. The van der Waals surface area contributed by atoms with Crippen molar-refractivity contribution in [2.45, 2.75) is 46.1 Å². The van der Waals surface area contributed by atoms with E-state index in [1.165, 1.54) is 5.56 Å². The van der Waals surface area contributed by atoms with Crippen LogP contribution in [-0.4, -0.2) is 56.3 Å². The largest absolute Gasteiger partial charge is 0.450 e. The van der Waals surface area contributed by atoms with E-state index < -0.39 is 0 Å². The number of benzene rings is 1. The van der Waals surface area contributed by atoms with Crippen LogP contribution in [0.1, 0.15) is 39.2 Å². The van der Waals surface area contributed by atoms with Crippen molar-refractivity contribution in [3.8, 4) is 0 Å². The number of guanidine groups is 1. The molecule has 1 saturated heterocycles. The van der Waals surface area contributed by atoms with Gasteiger partial charge in [-0.3, -0.25) is 4.99 Å². The molecule has 0 bridgehead atoms. The molecule has 1 aromatic rings. The van der Waals surface area contributed by atoms with Gasteiger partial charge in [0.1, 0.15) is 0 Å². The van der Waals surface area contributed by atoms with Gasteiger partial charge < -0.3 is 20.3 Å². The number of rotatable bonds is 6. The fourth-order valence-corrected chi connectivity index (χ4v) is 3.34. The quantitative estimate of drug-likeness (QED) is 0.354. The van der Waals surface area contributed by atoms with Crippen LogP contribution in [0, 0.1) is 5.41 Å². The maximum atomic E-state index is 11.8. The number of ether oxygens (including phenoxy) is 1. The predicted octanol–water partition coefficient (Wildman–Crippen LogP) is 3.66. The number of amides is 1. The number of nitrogens with zero attached hydrogens (tertiary/aromatic N) is 2. The molecule has 0 unspecified atom stereocenters. The summed E-state index contributed by atoms with van der Waals surface area (Å²) in [5, 5.41) is 6.96. The van der Waals surface area contributed by atoms with Gasteiger partial charge in [0.25, 0.3) is 0 Å². The standard InChI is InChI=1S/C21H34N4O2.HI/c1-5-27-20(26)25-13-11-18(12-14-25)24-19(22-4)23-16-21(2,3)15-17-9-7-6-8-10-17;/h6-10,18H,5,11-16H2,1-4H3,(H2,22,23,24);1H. The average molecular weight is 502 g/mol. The van der Waals surface area contributed by atoms with E-state index in [9.17, 15) is 4.79 Å². The van der Waals surface area contributed by atoms with Gasteiger partial charge in [-0.05, 0) is 37.2 Å². The van der Waals surface area contributed by atoms with Gasteiger partial charge in [0.05, 0.1) is 6.61 Å². The smallest absolute Gasteiger partial charge is 0.409 e. The van der Waals surface area contributed by atoms with Gasteiger partial charge in [-0.15, -0.1) is 24.0 Å². The van der Waals surface area contributed by atoms with Crippen LogP contribution in [-0.2, 0) is 11.2 Å². The first kappa shape index (κ1) is 24.5. The lowest BCUT2D eigenvalue weighted by Crippen LogP contribution is -2.51. The SMILES string of the molecule is CCOC(=O)N1CCC(NC(=NC)NCC(C)(C)Cc2ccccc2)CC1.I. The molecule has 6 nitrogen and oxygen atoms in total. The van der Waals surface area contributed by atoms with E-state index in [4.69, 9.17) is 4.74 Å². The number of carbonyl (C=O) groups excluding carboxylic acids is 1. The highest BCUT2D eigenvalue weighted by Gasteiger charge is 2.25. The molecule has 1 aromatic carbocycles. The zero-order valence-corrected chi connectivity index (χ0v) is 19.9. The Bertz CT molecular complexity index is 614. The number of piperidine rings is 1. The van der Waals surface area contributed by atoms with Crippen molar-refractivity contribution < 1.29 is 9.53 Å². The molecule has 0 spiro atoms. The van der Waals surface area contributed by atoms with Crippen LogP contribution in [0.4, 0.5) is 4.79 Å². The van der Waals surface area contributed by atoms with Crippen molar-refractivity contribution in [2.75, 3.05) is 33.3 Å². The highest BCUT2D eigenvalue weighted by atomic mass is 127. The summed E-state index contributed by atoms with van der Waals surface area (Å²) in [4.78, 5) is 17.9. The second kappa shape index (κ2) is 12.1. The molecule has 1 aliphatic rings. The molecule has 0 saturated carbocycles. The third kappa shape index (κ3) is 8.24. The minimum Gasteiger partial charge on any atom is -0.450 e. The minimum atomic E-state index is -0.207. The van der Waals surface area contributed by atoms with Crippen molar-refractivity contribution in [2.24, 2.45) is 10.4 Å². The monoisotopic (exact) mass is 502 g/mol. The van der Waals surface area contributed by atoms with Crippen molar-refractivity contribution in [3.05, 3.63) is 35.9 Å². The molecule has 2 rings (SSSR count). The maximum Gasteiger partial charge on any atom is 0.409 e. The number of carbonyl (C=O) groups is 1. The van der Waals surface area contributed by atoms with E-state index in [1.807, 2.05) is 13.0 Å². The molecule has 1 fully saturated rings. The highest BCUT2D eigenvalue weighted by Crippen LogP contribution is 2.20. The van der Waals surface area contributed by atoms with E-state index >= 15 is 0 Å². The minimum absolute atomic E-state index is 0. The Hall–Kier alpha value is -1.51. The number of hydrogen-bond donors (Lipinski definition) is 2. The van der Waals surface area contributed by atoms with Crippen LogP contribution >= 0.6 is 24.0 Å². The molecule has 7 heteroatoms. The molecule has 2 N–H and O–H groups in total. The van der Waals surface area contributed by atoms with Crippen molar-refractivity contribution in [3.63, 3.8) is 0 Å². The summed E-state index contributed by atoms with van der Waals surface area (Å²) in [5.74, 6) is 0.825. The summed E-state index contributed by atoms with van der Waals surface area (Å²) in [6.07, 6.45) is 2.59. The van der Waals surface area contributed by atoms with Crippen LogP contribution in [0.5, 0.6) is 0 Å². The molecule has 0 atom stereocenters. The van der Waals surface area contributed by atoms with Crippen LogP contribution < -0.4 is 10.6 Å². The Morgan fingerprint density at radius 3 is 2.46 bits per heavy atom. The van der Waals surface area contributed by atoms with Gasteiger partial charge in [0, 0.05) is 32.7 Å². The lowest BCUT2D eigenvalue weighted by Gasteiger charge is -2.33. The third-order valence-corrected chi connectivity index (χ3v) is 4.85. The fourth-order valence-electron chi connectivity index (χ4n) is 3.34. The molecular formula is C21H35IN4O2. The van der Waals surface area contributed by atoms with Crippen LogP contribution in [0.3, 0.4) is 0 Å². The Balaban J connectivity index is 0.00000392. The molecule has 0 radical (unpaired) electrons. The number of likely N-dealkylation sites (tertiary alicyclic amines) is 1. The fraction of sp³-hybridized carbons (Fsp3) is 0.619. The van der Waals surface area contributed by atoms with E-state index in [1.54, 1.807) is 11.9 Å². The molecule has 1 amide bonds. The molecule has 0 aliphatic carbocycles. The first-order chi connectivity index (χ1) is 12.9. The first-order valence-electron chi connectivity index (χ1n) is 9.86. The molecule has 0 aromatic heterocycles.